The first-order valence-electron chi connectivity index (χ1n) is 6.67. The molecule has 0 heterocycles. The van der Waals surface area contributed by atoms with Gasteiger partial charge in [-0.05, 0) is 47.8 Å². The summed E-state index contributed by atoms with van der Waals surface area (Å²) >= 11 is 1.91. The Hall–Kier alpha value is -0.470. The number of hydrogen-bond acceptors (Lipinski definition) is 2. The predicted molar refractivity (Wildman–Crippen MR) is 75.6 cm³/mol. The first kappa shape index (κ1) is 13.0. The summed E-state index contributed by atoms with van der Waals surface area (Å²) in [5.41, 5.74) is 2.57. The van der Waals surface area contributed by atoms with Crippen LogP contribution < -0.4 is 0 Å². The van der Waals surface area contributed by atoms with Crippen molar-refractivity contribution in [2.75, 3.05) is 11.5 Å². The second-order valence-electron chi connectivity index (χ2n) is 4.76. The average molecular weight is 250 g/mol. The van der Waals surface area contributed by atoms with Gasteiger partial charge in [0.05, 0.1) is 6.10 Å². The van der Waals surface area contributed by atoms with E-state index < -0.39 is 0 Å². The summed E-state index contributed by atoms with van der Waals surface area (Å²) in [5.74, 6) is 2.90. The molecule has 1 N–H and O–H groups in total. The lowest BCUT2D eigenvalue weighted by atomic mass is 9.77. The van der Waals surface area contributed by atoms with Crippen molar-refractivity contribution in [2.45, 2.75) is 44.6 Å². The Morgan fingerprint density at radius 2 is 2.12 bits per heavy atom. The van der Waals surface area contributed by atoms with Crippen molar-refractivity contribution in [2.24, 2.45) is 0 Å². The van der Waals surface area contributed by atoms with Gasteiger partial charge >= 0.3 is 0 Å². The Labute approximate surface area is 109 Å². The van der Waals surface area contributed by atoms with Crippen LogP contribution in [-0.2, 0) is 0 Å². The Morgan fingerprint density at radius 3 is 2.76 bits per heavy atom. The fourth-order valence-electron chi connectivity index (χ4n) is 2.40. The molecule has 0 bridgehead atoms. The summed E-state index contributed by atoms with van der Waals surface area (Å²) in [4.78, 5) is 0. The molecule has 17 heavy (non-hydrogen) atoms. The van der Waals surface area contributed by atoms with Crippen molar-refractivity contribution in [1.29, 1.82) is 0 Å². The van der Waals surface area contributed by atoms with Gasteiger partial charge in [0.1, 0.15) is 0 Å². The summed E-state index contributed by atoms with van der Waals surface area (Å²) < 4.78 is 0. The van der Waals surface area contributed by atoms with E-state index in [9.17, 15) is 5.11 Å². The zero-order valence-corrected chi connectivity index (χ0v) is 11.4. The van der Waals surface area contributed by atoms with Gasteiger partial charge in [-0.2, -0.15) is 11.8 Å². The van der Waals surface area contributed by atoms with E-state index in [1.165, 1.54) is 30.4 Å². The largest absolute Gasteiger partial charge is 0.388 e. The molecule has 0 spiro atoms. The maximum atomic E-state index is 10.3. The van der Waals surface area contributed by atoms with Crippen LogP contribution in [0.1, 0.15) is 55.8 Å². The molecule has 1 atom stereocenters. The number of aliphatic hydroxyl groups is 1. The maximum Gasteiger partial charge on any atom is 0.0800 e. The second kappa shape index (κ2) is 6.46. The zero-order valence-electron chi connectivity index (χ0n) is 10.6. The van der Waals surface area contributed by atoms with E-state index in [0.717, 1.165) is 17.9 Å². The average Bonchev–Trinajstić information content (AvgIpc) is 2.28. The zero-order chi connectivity index (χ0) is 12.1. The monoisotopic (exact) mass is 250 g/mol. The van der Waals surface area contributed by atoms with Gasteiger partial charge in [-0.3, -0.25) is 0 Å². The molecule has 2 heteroatoms. The van der Waals surface area contributed by atoms with E-state index in [-0.39, 0.29) is 6.10 Å². The van der Waals surface area contributed by atoms with Gasteiger partial charge in [0.2, 0.25) is 0 Å². The van der Waals surface area contributed by atoms with E-state index in [1.54, 1.807) is 0 Å². The van der Waals surface area contributed by atoms with Crippen LogP contribution in [0, 0.1) is 0 Å². The Balaban J connectivity index is 2.02. The molecule has 0 amide bonds. The highest BCUT2D eigenvalue weighted by Gasteiger charge is 2.23. The van der Waals surface area contributed by atoms with Crippen LogP contribution in [0.3, 0.4) is 0 Å². The van der Waals surface area contributed by atoms with E-state index in [2.05, 4.69) is 25.1 Å². The third-order valence-electron chi connectivity index (χ3n) is 3.64. The lowest BCUT2D eigenvalue weighted by Gasteiger charge is -2.29. The quantitative estimate of drug-likeness (QED) is 0.766. The Morgan fingerprint density at radius 1 is 1.35 bits per heavy atom. The Kier molecular flexibility index (Phi) is 4.93. The first-order chi connectivity index (χ1) is 8.33. The van der Waals surface area contributed by atoms with Crippen LogP contribution in [0.5, 0.6) is 0 Å². The van der Waals surface area contributed by atoms with E-state index in [1.807, 2.05) is 17.8 Å². The van der Waals surface area contributed by atoms with E-state index >= 15 is 0 Å². The molecule has 1 nitrogen and oxygen atoms in total. The molecule has 1 aromatic rings. The third kappa shape index (κ3) is 3.26. The Bertz CT molecular complexity index is 347. The molecular weight excluding hydrogens is 228 g/mol. The van der Waals surface area contributed by atoms with Gasteiger partial charge in [-0.1, -0.05) is 37.6 Å². The molecule has 94 valence electrons. The van der Waals surface area contributed by atoms with Crippen LogP contribution in [-0.4, -0.2) is 16.6 Å². The van der Waals surface area contributed by atoms with Crippen LogP contribution in [0.2, 0.25) is 0 Å². The van der Waals surface area contributed by atoms with Crippen molar-refractivity contribution in [3.05, 3.63) is 35.4 Å². The molecule has 2 rings (SSSR count). The van der Waals surface area contributed by atoms with Crippen LogP contribution >= 0.6 is 11.8 Å². The van der Waals surface area contributed by atoms with Crippen molar-refractivity contribution in [3.63, 3.8) is 0 Å². The first-order valence-corrected chi connectivity index (χ1v) is 7.83. The predicted octanol–water partition coefficient (Wildman–Crippen LogP) is 4.13. The van der Waals surface area contributed by atoms with Crippen molar-refractivity contribution < 1.29 is 5.11 Å². The van der Waals surface area contributed by atoms with Crippen LogP contribution in [0.4, 0.5) is 0 Å². The van der Waals surface area contributed by atoms with Gasteiger partial charge in [0, 0.05) is 0 Å². The SMILES string of the molecule is CCSCCC(O)c1ccccc1C1CCC1. The summed E-state index contributed by atoms with van der Waals surface area (Å²) in [5, 5.41) is 10.3. The number of aliphatic hydroxyl groups excluding tert-OH is 1. The summed E-state index contributed by atoms with van der Waals surface area (Å²) in [6.07, 6.45) is 4.55. The van der Waals surface area contributed by atoms with Crippen molar-refractivity contribution in [3.8, 4) is 0 Å². The van der Waals surface area contributed by atoms with E-state index in [0.29, 0.717) is 5.92 Å². The topological polar surface area (TPSA) is 20.2 Å². The minimum Gasteiger partial charge on any atom is -0.388 e. The molecule has 1 unspecified atom stereocenters. The molecule has 1 aromatic carbocycles. The molecule has 1 aliphatic rings. The normalized spacial score (nSPS) is 17.8. The van der Waals surface area contributed by atoms with E-state index in [4.69, 9.17) is 0 Å². The van der Waals surface area contributed by atoms with Crippen molar-refractivity contribution in [1.82, 2.24) is 0 Å². The molecule has 0 aromatic heterocycles. The minimum absolute atomic E-state index is 0.272. The molecule has 0 radical (unpaired) electrons. The number of hydrogen-bond donors (Lipinski definition) is 1. The highest BCUT2D eigenvalue weighted by Crippen LogP contribution is 2.40. The molecule has 1 aliphatic carbocycles. The summed E-state index contributed by atoms with van der Waals surface area (Å²) in [6, 6.07) is 8.46. The van der Waals surface area contributed by atoms with Gasteiger partial charge in [-0.15, -0.1) is 0 Å². The number of thioether (sulfide) groups is 1. The molecule has 0 aliphatic heterocycles. The summed E-state index contributed by atoms with van der Waals surface area (Å²) in [7, 11) is 0. The molecular formula is C15H22OS. The van der Waals surface area contributed by atoms with Crippen LogP contribution in [0.15, 0.2) is 24.3 Å². The smallest absolute Gasteiger partial charge is 0.0800 e. The standard InChI is InChI=1S/C15H22OS/c1-2-17-11-10-15(16)14-9-4-3-8-13(14)12-6-5-7-12/h3-4,8-9,12,15-16H,2,5-7,10-11H2,1H3. The minimum atomic E-state index is -0.272. The van der Waals surface area contributed by atoms with Gasteiger partial charge in [0.25, 0.3) is 0 Å². The van der Waals surface area contributed by atoms with Gasteiger partial charge in [0.15, 0.2) is 0 Å². The fourth-order valence-corrected chi connectivity index (χ4v) is 3.08. The number of rotatable bonds is 6. The molecule has 0 saturated heterocycles. The highest BCUT2D eigenvalue weighted by atomic mass is 32.2. The molecule has 1 saturated carbocycles. The van der Waals surface area contributed by atoms with Crippen LogP contribution in [0.25, 0.3) is 0 Å². The third-order valence-corrected chi connectivity index (χ3v) is 4.57. The maximum absolute atomic E-state index is 10.3. The highest BCUT2D eigenvalue weighted by molar-refractivity contribution is 7.99. The summed E-state index contributed by atoms with van der Waals surface area (Å²) in [6.45, 7) is 2.17. The lowest BCUT2D eigenvalue weighted by molar-refractivity contribution is 0.172. The lowest BCUT2D eigenvalue weighted by Crippen LogP contribution is -2.13. The van der Waals surface area contributed by atoms with Crippen molar-refractivity contribution >= 4 is 11.8 Å². The van der Waals surface area contributed by atoms with Gasteiger partial charge in [-0.25, -0.2) is 0 Å². The second-order valence-corrected chi connectivity index (χ2v) is 6.15. The fraction of sp³-hybridized carbons (Fsp3) is 0.600. The number of benzene rings is 1. The molecule has 1 fully saturated rings. The van der Waals surface area contributed by atoms with Gasteiger partial charge < -0.3 is 5.11 Å².